The van der Waals surface area contributed by atoms with Gasteiger partial charge in [-0.05, 0) is 6.92 Å². The Morgan fingerprint density at radius 3 is 3.00 bits per heavy atom. The van der Waals surface area contributed by atoms with E-state index in [1.54, 1.807) is 18.4 Å². The van der Waals surface area contributed by atoms with Crippen molar-refractivity contribution >= 4 is 11.3 Å². The molecule has 0 bridgehead atoms. The third-order valence-corrected chi connectivity index (χ3v) is 2.65. The van der Waals surface area contributed by atoms with Gasteiger partial charge >= 0.3 is 0 Å². The summed E-state index contributed by atoms with van der Waals surface area (Å²) in [5.41, 5.74) is 1.02. The molecule has 0 aliphatic rings. The first-order valence-electron chi connectivity index (χ1n) is 4.50. The second-order valence-corrected chi connectivity index (χ2v) is 4.14. The maximum Gasteiger partial charge on any atom is 0.0897 e. The highest BCUT2D eigenvalue weighted by Crippen LogP contribution is 2.07. The number of nitrogens with one attached hydrogen (secondary N) is 1. The van der Waals surface area contributed by atoms with E-state index in [9.17, 15) is 0 Å². The van der Waals surface area contributed by atoms with Crippen molar-refractivity contribution in [3.63, 3.8) is 0 Å². The molecule has 0 aliphatic heterocycles. The molecule has 0 aromatic carbocycles. The molecule has 1 atom stereocenters. The number of thiazole rings is 1. The Balaban J connectivity index is 2.31. The van der Waals surface area contributed by atoms with Crippen molar-refractivity contribution in [3.05, 3.63) is 16.1 Å². The van der Waals surface area contributed by atoms with E-state index in [0.29, 0.717) is 13.2 Å². The van der Waals surface area contributed by atoms with Crippen molar-refractivity contribution in [3.8, 4) is 0 Å². The van der Waals surface area contributed by atoms with Gasteiger partial charge in [-0.3, -0.25) is 0 Å². The predicted octanol–water partition coefficient (Wildman–Crippen LogP) is 0.548. The summed E-state index contributed by atoms with van der Waals surface area (Å²) in [4.78, 5) is 4.31. The van der Waals surface area contributed by atoms with Gasteiger partial charge in [0.25, 0.3) is 0 Å². The van der Waals surface area contributed by atoms with Crippen LogP contribution in [0.5, 0.6) is 0 Å². The second kappa shape index (κ2) is 6.08. The molecule has 0 radical (unpaired) electrons. The Morgan fingerprint density at radius 1 is 1.71 bits per heavy atom. The van der Waals surface area contributed by atoms with Crippen LogP contribution in [0.2, 0.25) is 0 Å². The molecule has 0 fully saturated rings. The molecule has 1 unspecified atom stereocenters. The van der Waals surface area contributed by atoms with Crippen molar-refractivity contribution in [1.29, 1.82) is 0 Å². The van der Waals surface area contributed by atoms with Gasteiger partial charge in [0, 0.05) is 19.0 Å². The number of aryl methyl sites for hydroxylation is 1. The van der Waals surface area contributed by atoms with Crippen molar-refractivity contribution in [2.24, 2.45) is 0 Å². The Labute approximate surface area is 87.9 Å². The molecule has 5 heteroatoms. The Morgan fingerprint density at radius 2 is 2.50 bits per heavy atom. The zero-order valence-electron chi connectivity index (χ0n) is 8.49. The maximum atomic E-state index is 8.98. The van der Waals surface area contributed by atoms with Crippen LogP contribution >= 0.6 is 11.3 Å². The smallest absolute Gasteiger partial charge is 0.0897 e. The molecule has 0 saturated heterocycles. The molecule has 0 amide bonds. The van der Waals surface area contributed by atoms with Crippen molar-refractivity contribution in [2.75, 3.05) is 20.3 Å². The van der Waals surface area contributed by atoms with Gasteiger partial charge in [0.2, 0.25) is 0 Å². The van der Waals surface area contributed by atoms with E-state index in [2.05, 4.69) is 10.3 Å². The number of aliphatic hydroxyl groups is 1. The predicted molar refractivity (Wildman–Crippen MR) is 56.4 cm³/mol. The molecular formula is C9H16N2O2S. The molecule has 1 aromatic heterocycles. The van der Waals surface area contributed by atoms with E-state index >= 15 is 0 Å². The number of aromatic nitrogens is 1. The molecule has 1 heterocycles. The first-order chi connectivity index (χ1) is 6.76. The normalized spacial score (nSPS) is 13.1. The van der Waals surface area contributed by atoms with E-state index < -0.39 is 0 Å². The lowest BCUT2D eigenvalue weighted by Crippen LogP contribution is -2.35. The topological polar surface area (TPSA) is 54.4 Å². The van der Waals surface area contributed by atoms with Gasteiger partial charge in [0.05, 0.1) is 30.0 Å². The summed E-state index contributed by atoms with van der Waals surface area (Å²) in [7, 11) is 1.62. The average Bonchev–Trinajstić information content (AvgIpc) is 2.59. The zero-order chi connectivity index (χ0) is 10.4. The Bertz CT molecular complexity index is 265. The Kier molecular flexibility index (Phi) is 5.03. The van der Waals surface area contributed by atoms with Crippen molar-refractivity contribution < 1.29 is 9.84 Å². The zero-order valence-corrected chi connectivity index (χ0v) is 9.30. The van der Waals surface area contributed by atoms with Crippen molar-refractivity contribution in [1.82, 2.24) is 10.3 Å². The number of nitrogens with zero attached hydrogens (tertiary/aromatic N) is 1. The van der Waals surface area contributed by atoms with Gasteiger partial charge in [0.1, 0.15) is 0 Å². The summed E-state index contributed by atoms with van der Waals surface area (Å²) in [5, 5.41) is 15.2. The van der Waals surface area contributed by atoms with Gasteiger partial charge in [-0.2, -0.15) is 0 Å². The third-order valence-electron chi connectivity index (χ3n) is 1.83. The summed E-state index contributed by atoms with van der Waals surface area (Å²) in [5.74, 6) is 0. The van der Waals surface area contributed by atoms with E-state index in [-0.39, 0.29) is 12.6 Å². The largest absolute Gasteiger partial charge is 0.395 e. The number of rotatable bonds is 6. The molecule has 0 aliphatic carbocycles. The Hall–Kier alpha value is -0.490. The van der Waals surface area contributed by atoms with Crippen molar-refractivity contribution in [2.45, 2.75) is 19.5 Å². The third kappa shape index (κ3) is 3.71. The summed E-state index contributed by atoms with van der Waals surface area (Å²) in [6.07, 6.45) is 0. The molecule has 14 heavy (non-hydrogen) atoms. The first-order valence-corrected chi connectivity index (χ1v) is 5.38. The fourth-order valence-corrected chi connectivity index (χ4v) is 1.73. The van der Waals surface area contributed by atoms with Crippen LogP contribution in [-0.4, -0.2) is 36.5 Å². The standard InChI is InChI=1S/C9H16N2O2S/c1-7-11-8(6-14-7)3-10-9(4-12)5-13-2/h6,9-10,12H,3-5H2,1-2H3. The van der Waals surface area contributed by atoms with Crippen LogP contribution in [-0.2, 0) is 11.3 Å². The second-order valence-electron chi connectivity index (χ2n) is 3.07. The quantitative estimate of drug-likeness (QED) is 0.729. The molecule has 1 aromatic rings. The van der Waals surface area contributed by atoms with Crippen LogP contribution in [0.3, 0.4) is 0 Å². The number of methoxy groups -OCH3 is 1. The molecule has 4 nitrogen and oxygen atoms in total. The monoisotopic (exact) mass is 216 g/mol. The number of hydrogen-bond donors (Lipinski definition) is 2. The van der Waals surface area contributed by atoms with Gasteiger partial charge in [0.15, 0.2) is 0 Å². The molecule has 0 spiro atoms. The van der Waals surface area contributed by atoms with Gasteiger partial charge in [-0.25, -0.2) is 4.98 Å². The lowest BCUT2D eigenvalue weighted by Gasteiger charge is -2.13. The lowest BCUT2D eigenvalue weighted by molar-refractivity contribution is 0.128. The van der Waals surface area contributed by atoms with Crippen LogP contribution < -0.4 is 5.32 Å². The van der Waals surface area contributed by atoms with Crippen LogP contribution in [0.15, 0.2) is 5.38 Å². The molecule has 1 rings (SSSR count). The molecule has 0 saturated carbocycles. The van der Waals surface area contributed by atoms with E-state index in [4.69, 9.17) is 9.84 Å². The highest BCUT2D eigenvalue weighted by atomic mass is 32.1. The fourth-order valence-electron chi connectivity index (χ4n) is 1.12. The van der Waals surface area contributed by atoms with Gasteiger partial charge in [-0.15, -0.1) is 11.3 Å². The number of hydrogen-bond acceptors (Lipinski definition) is 5. The summed E-state index contributed by atoms with van der Waals surface area (Å²) in [6, 6.07) is -0.0120. The summed E-state index contributed by atoms with van der Waals surface area (Å²) in [6.45, 7) is 3.25. The van der Waals surface area contributed by atoms with Crippen LogP contribution in [0.4, 0.5) is 0 Å². The first kappa shape index (κ1) is 11.6. The van der Waals surface area contributed by atoms with Crippen LogP contribution in [0.25, 0.3) is 0 Å². The maximum absolute atomic E-state index is 8.98. The van der Waals surface area contributed by atoms with E-state index in [1.165, 1.54) is 0 Å². The number of ether oxygens (including phenoxy) is 1. The average molecular weight is 216 g/mol. The van der Waals surface area contributed by atoms with Crippen LogP contribution in [0, 0.1) is 6.92 Å². The highest BCUT2D eigenvalue weighted by molar-refractivity contribution is 7.09. The highest BCUT2D eigenvalue weighted by Gasteiger charge is 2.06. The molecular weight excluding hydrogens is 200 g/mol. The fraction of sp³-hybridized carbons (Fsp3) is 0.667. The minimum absolute atomic E-state index is 0.0120. The number of aliphatic hydroxyl groups excluding tert-OH is 1. The SMILES string of the molecule is COCC(CO)NCc1csc(C)n1. The molecule has 2 N–H and O–H groups in total. The lowest BCUT2D eigenvalue weighted by atomic mass is 10.3. The molecule has 80 valence electrons. The summed E-state index contributed by atoms with van der Waals surface area (Å²) < 4.78 is 4.95. The minimum Gasteiger partial charge on any atom is -0.395 e. The van der Waals surface area contributed by atoms with E-state index in [0.717, 1.165) is 10.7 Å². The van der Waals surface area contributed by atoms with Gasteiger partial charge in [-0.1, -0.05) is 0 Å². The van der Waals surface area contributed by atoms with Gasteiger partial charge < -0.3 is 15.2 Å². The summed E-state index contributed by atoms with van der Waals surface area (Å²) >= 11 is 1.63. The van der Waals surface area contributed by atoms with Crippen LogP contribution in [0.1, 0.15) is 10.7 Å². The van der Waals surface area contributed by atoms with E-state index in [1.807, 2.05) is 12.3 Å². The minimum atomic E-state index is -0.0120.